The van der Waals surface area contributed by atoms with Crippen molar-refractivity contribution in [2.45, 2.75) is 25.9 Å². The lowest BCUT2D eigenvalue weighted by Gasteiger charge is -2.05. The number of methoxy groups -OCH3 is 1. The minimum atomic E-state index is 0.0215. The lowest BCUT2D eigenvalue weighted by atomic mass is 10.2. The number of rotatable bonds is 4. The van der Waals surface area contributed by atoms with Gasteiger partial charge in [0.25, 0.3) is 0 Å². The van der Waals surface area contributed by atoms with Crippen LogP contribution in [-0.4, -0.2) is 19.8 Å². The first kappa shape index (κ1) is 7.92. The van der Waals surface area contributed by atoms with Crippen LogP contribution in [0.1, 0.15) is 19.8 Å². The van der Waals surface area contributed by atoms with Crippen molar-refractivity contribution in [1.29, 1.82) is 0 Å². The van der Waals surface area contributed by atoms with Crippen molar-refractivity contribution in [3.8, 4) is 0 Å². The summed E-state index contributed by atoms with van der Waals surface area (Å²) in [4.78, 5) is 0. The maximum atomic E-state index is 9.89. The second kappa shape index (κ2) is 5.06. The zero-order valence-corrected chi connectivity index (χ0v) is 5.52. The number of ether oxygens (including phenoxy) is 1. The highest BCUT2D eigenvalue weighted by Crippen LogP contribution is 1.97. The van der Waals surface area contributed by atoms with Gasteiger partial charge in [0.05, 0.1) is 12.7 Å². The summed E-state index contributed by atoms with van der Waals surface area (Å²) in [6.45, 7) is 1.99. The molecule has 0 N–H and O–H groups in total. The van der Waals surface area contributed by atoms with E-state index in [-0.39, 0.29) is 12.7 Å². The van der Waals surface area contributed by atoms with Gasteiger partial charge in [-0.25, -0.2) is 5.11 Å². The number of hydrogen-bond donors (Lipinski definition) is 0. The first-order chi connectivity index (χ1) is 3.81. The van der Waals surface area contributed by atoms with Crippen LogP contribution in [-0.2, 0) is 9.84 Å². The van der Waals surface area contributed by atoms with E-state index in [2.05, 4.69) is 0 Å². The zero-order chi connectivity index (χ0) is 6.41. The van der Waals surface area contributed by atoms with Crippen LogP contribution in [0.25, 0.3) is 0 Å². The molecular formula is C6H13O2. The molecule has 0 aromatic rings. The molecule has 2 nitrogen and oxygen atoms in total. The van der Waals surface area contributed by atoms with E-state index in [4.69, 9.17) is 4.74 Å². The molecule has 0 aliphatic carbocycles. The fourth-order valence-corrected chi connectivity index (χ4v) is 0.489. The van der Waals surface area contributed by atoms with E-state index >= 15 is 0 Å². The molecular weight excluding hydrogens is 104 g/mol. The fourth-order valence-electron chi connectivity index (χ4n) is 0.489. The molecule has 0 saturated carbocycles. The van der Waals surface area contributed by atoms with Gasteiger partial charge in [0.15, 0.2) is 0 Å². The summed E-state index contributed by atoms with van der Waals surface area (Å²) in [6.07, 6.45) is 1.87. The van der Waals surface area contributed by atoms with Gasteiger partial charge in [-0.3, -0.25) is 0 Å². The molecule has 0 aromatic heterocycles. The molecule has 0 amide bonds. The van der Waals surface area contributed by atoms with E-state index in [0.717, 1.165) is 12.8 Å². The average Bonchev–Trinajstić information content (AvgIpc) is 1.83. The van der Waals surface area contributed by atoms with Crippen LogP contribution in [0.5, 0.6) is 0 Å². The van der Waals surface area contributed by atoms with Crippen LogP contribution in [0.4, 0.5) is 0 Å². The molecule has 1 radical (unpaired) electrons. The molecule has 0 aliphatic rings. The average molecular weight is 117 g/mol. The van der Waals surface area contributed by atoms with Gasteiger partial charge in [-0.05, 0) is 19.8 Å². The van der Waals surface area contributed by atoms with Gasteiger partial charge in [0.2, 0.25) is 0 Å². The normalized spacial score (nSPS) is 13.9. The molecule has 0 aromatic carbocycles. The van der Waals surface area contributed by atoms with E-state index in [0.29, 0.717) is 0 Å². The van der Waals surface area contributed by atoms with Crippen molar-refractivity contribution >= 4 is 0 Å². The molecule has 49 valence electrons. The van der Waals surface area contributed by atoms with E-state index in [1.54, 1.807) is 7.11 Å². The summed E-state index contributed by atoms with van der Waals surface area (Å²) >= 11 is 0. The highest BCUT2D eigenvalue weighted by molar-refractivity contribution is 4.46. The van der Waals surface area contributed by atoms with E-state index in [9.17, 15) is 5.11 Å². The Morgan fingerprint density at radius 1 is 1.62 bits per heavy atom. The molecule has 8 heavy (non-hydrogen) atoms. The molecule has 0 spiro atoms. The smallest absolute Gasteiger partial charge is 0.0823 e. The third-order valence-corrected chi connectivity index (χ3v) is 1.16. The second-order valence-corrected chi connectivity index (χ2v) is 1.89. The van der Waals surface area contributed by atoms with E-state index in [1.165, 1.54) is 0 Å². The van der Waals surface area contributed by atoms with Crippen molar-refractivity contribution in [2.24, 2.45) is 0 Å². The van der Waals surface area contributed by atoms with Crippen molar-refractivity contribution in [2.75, 3.05) is 13.7 Å². The zero-order valence-electron chi connectivity index (χ0n) is 5.52. The molecule has 1 atom stereocenters. The monoisotopic (exact) mass is 117 g/mol. The first-order valence-electron chi connectivity index (χ1n) is 2.92. The van der Waals surface area contributed by atoms with Gasteiger partial charge in [-0.15, -0.1) is 0 Å². The minimum Gasteiger partial charge on any atom is -0.382 e. The van der Waals surface area contributed by atoms with Gasteiger partial charge >= 0.3 is 0 Å². The number of hydrogen-bond acceptors (Lipinski definition) is 1. The third-order valence-electron chi connectivity index (χ3n) is 1.16. The molecule has 0 saturated heterocycles. The standard InChI is InChI=1S/C6H13O2/c1-6(8-2)4-3-5-7/h6H,3-5H2,1-2H3. The maximum absolute atomic E-state index is 9.89. The van der Waals surface area contributed by atoms with Crippen LogP contribution in [0.2, 0.25) is 0 Å². The first-order valence-corrected chi connectivity index (χ1v) is 2.92. The fraction of sp³-hybridized carbons (Fsp3) is 1.00. The van der Waals surface area contributed by atoms with Gasteiger partial charge in [-0.2, -0.15) is 0 Å². The van der Waals surface area contributed by atoms with Crippen LogP contribution in [0.3, 0.4) is 0 Å². The lowest BCUT2D eigenvalue weighted by Crippen LogP contribution is -2.04. The summed E-state index contributed by atoms with van der Waals surface area (Å²) in [5.74, 6) is 0. The van der Waals surface area contributed by atoms with Crippen molar-refractivity contribution in [3.63, 3.8) is 0 Å². The Labute approximate surface area is 50.5 Å². The molecule has 1 unspecified atom stereocenters. The summed E-state index contributed by atoms with van der Waals surface area (Å²) in [5.41, 5.74) is 0. The second-order valence-electron chi connectivity index (χ2n) is 1.89. The van der Waals surface area contributed by atoms with Crippen LogP contribution >= 0.6 is 0 Å². The predicted molar refractivity (Wildman–Crippen MR) is 31.3 cm³/mol. The van der Waals surface area contributed by atoms with E-state index in [1.807, 2.05) is 6.92 Å². The Balaban J connectivity index is 2.86. The Bertz CT molecular complexity index is 45.8. The Morgan fingerprint density at radius 2 is 2.25 bits per heavy atom. The molecule has 0 aliphatic heterocycles. The van der Waals surface area contributed by atoms with Crippen LogP contribution in [0.15, 0.2) is 0 Å². The molecule has 0 fully saturated rings. The Kier molecular flexibility index (Phi) is 5.01. The van der Waals surface area contributed by atoms with Crippen molar-refractivity contribution in [1.82, 2.24) is 0 Å². The molecule has 0 bridgehead atoms. The Hall–Kier alpha value is -0.0800. The Morgan fingerprint density at radius 3 is 2.62 bits per heavy atom. The summed E-state index contributed by atoms with van der Waals surface area (Å²) in [5, 5.41) is 9.89. The molecule has 2 heteroatoms. The van der Waals surface area contributed by atoms with Crippen molar-refractivity contribution < 1.29 is 9.84 Å². The van der Waals surface area contributed by atoms with Gasteiger partial charge < -0.3 is 4.74 Å². The van der Waals surface area contributed by atoms with Crippen LogP contribution < -0.4 is 0 Å². The van der Waals surface area contributed by atoms with Crippen LogP contribution in [0, 0.1) is 0 Å². The molecule has 0 heterocycles. The predicted octanol–water partition coefficient (Wildman–Crippen LogP) is 1.23. The summed E-state index contributed by atoms with van der Waals surface area (Å²) < 4.78 is 4.91. The van der Waals surface area contributed by atoms with Crippen molar-refractivity contribution in [3.05, 3.63) is 0 Å². The summed E-state index contributed by atoms with van der Waals surface area (Å²) in [7, 11) is 1.66. The third kappa shape index (κ3) is 4.09. The highest BCUT2D eigenvalue weighted by atomic mass is 16.5. The van der Waals surface area contributed by atoms with Gasteiger partial charge in [-0.1, -0.05) is 0 Å². The highest BCUT2D eigenvalue weighted by Gasteiger charge is 1.96. The van der Waals surface area contributed by atoms with E-state index < -0.39 is 0 Å². The molecule has 0 rings (SSSR count). The quantitative estimate of drug-likeness (QED) is 0.544. The van der Waals surface area contributed by atoms with Gasteiger partial charge in [0, 0.05) is 7.11 Å². The maximum Gasteiger partial charge on any atom is 0.0823 e. The largest absolute Gasteiger partial charge is 0.382 e. The lowest BCUT2D eigenvalue weighted by molar-refractivity contribution is 0.0950. The topological polar surface area (TPSA) is 29.1 Å². The summed E-state index contributed by atoms with van der Waals surface area (Å²) in [6, 6.07) is 0. The minimum absolute atomic E-state index is 0.0215. The van der Waals surface area contributed by atoms with Gasteiger partial charge in [0.1, 0.15) is 0 Å². The SMILES string of the molecule is COC(C)CCC[O].